The molecule has 1 amide bonds. The normalized spacial score (nSPS) is 10.1. The summed E-state index contributed by atoms with van der Waals surface area (Å²) < 4.78 is 0. The summed E-state index contributed by atoms with van der Waals surface area (Å²) >= 11 is 11.8. The SMILES string of the molecule is O=C(Nc1cccc(Cl)c1Cl)c1ccc(C(=O)O)nc1. The Morgan fingerprint density at radius 2 is 1.90 bits per heavy atom. The fourth-order valence-corrected chi connectivity index (χ4v) is 1.80. The Morgan fingerprint density at radius 1 is 1.15 bits per heavy atom. The van der Waals surface area contributed by atoms with E-state index in [2.05, 4.69) is 10.3 Å². The van der Waals surface area contributed by atoms with E-state index in [1.54, 1.807) is 18.2 Å². The highest BCUT2D eigenvalue weighted by Crippen LogP contribution is 2.29. The first-order valence-electron chi connectivity index (χ1n) is 5.44. The maximum Gasteiger partial charge on any atom is 0.354 e. The van der Waals surface area contributed by atoms with Crippen molar-refractivity contribution in [1.29, 1.82) is 0 Å². The van der Waals surface area contributed by atoms with E-state index in [0.29, 0.717) is 10.7 Å². The predicted octanol–water partition coefficient (Wildman–Crippen LogP) is 3.34. The van der Waals surface area contributed by atoms with Crippen molar-refractivity contribution in [3.63, 3.8) is 0 Å². The second-order valence-corrected chi connectivity index (χ2v) is 4.58. The molecule has 0 aliphatic carbocycles. The summed E-state index contributed by atoms with van der Waals surface area (Å²) in [6.45, 7) is 0. The fraction of sp³-hybridized carbons (Fsp3) is 0. The number of hydrogen-bond donors (Lipinski definition) is 2. The number of aromatic carboxylic acids is 1. The molecule has 0 radical (unpaired) electrons. The van der Waals surface area contributed by atoms with Crippen molar-refractivity contribution in [2.45, 2.75) is 0 Å². The summed E-state index contributed by atoms with van der Waals surface area (Å²) in [6, 6.07) is 7.46. The van der Waals surface area contributed by atoms with Crippen LogP contribution in [0.25, 0.3) is 0 Å². The Hall–Kier alpha value is -2.11. The van der Waals surface area contributed by atoms with Crippen molar-refractivity contribution < 1.29 is 14.7 Å². The average Bonchev–Trinajstić information content (AvgIpc) is 2.44. The van der Waals surface area contributed by atoms with Gasteiger partial charge in [-0.3, -0.25) is 4.79 Å². The molecule has 102 valence electrons. The third-order valence-electron chi connectivity index (χ3n) is 2.44. The highest BCUT2D eigenvalue weighted by molar-refractivity contribution is 6.44. The molecule has 0 aliphatic rings. The molecule has 2 N–H and O–H groups in total. The van der Waals surface area contributed by atoms with Crippen LogP contribution in [0, 0.1) is 0 Å². The maximum atomic E-state index is 12.0. The Morgan fingerprint density at radius 3 is 2.50 bits per heavy atom. The number of pyridine rings is 1. The summed E-state index contributed by atoms with van der Waals surface area (Å²) in [4.78, 5) is 26.3. The van der Waals surface area contributed by atoms with Gasteiger partial charge in [0.05, 0.1) is 21.3 Å². The van der Waals surface area contributed by atoms with Gasteiger partial charge in [-0.1, -0.05) is 29.3 Å². The van der Waals surface area contributed by atoms with Gasteiger partial charge in [-0.2, -0.15) is 0 Å². The first-order chi connectivity index (χ1) is 9.49. The molecule has 2 aromatic rings. The number of hydrogen-bond acceptors (Lipinski definition) is 3. The smallest absolute Gasteiger partial charge is 0.354 e. The maximum absolute atomic E-state index is 12.0. The first kappa shape index (κ1) is 14.3. The van der Waals surface area contributed by atoms with Gasteiger partial charge in [-0.15, -0.1) is 0 Å². The van der Waals surface area contributed by atoms with E-state index in [1.807, 2.05) is 0 Å². The van der Waals surface area contributed by atoms with Crippen LogP contribution >= 0.6 is 23.2 Å². The van der Waals surface area contributed by atoms with Gasteiger partial charge in [-0.25, -0.2) is 9.78 Å². The lowest BCUT2D eigenvalue weighted by atomic mass is 10.2. The lowest BCUT2D eigenvalue weighted by Crippen LogP contribution is -2.13. The van der Waals surface area contributed by atoms with Crippen molar-refractivity contribution in [3.8, 4) is 0 Å². The van der Waals surface area contributed by atoms with Crippen LogP contribution in [0.5, 0.6) is 0 Å². The number of nitrogens with one attached hydrogen (secondary N) is 1. The molecule has 0 bridgehead atoms. The lowest BCUT2D eigenvalue weighted by Gasteiger charge is -2.08. The van der Waals surface area contributed by atoms with Crippen molar-refractivity contribution in [2.24, 2.45) is 0 Å². The number of aromatic nitrogens is 1. The molecule has 0 unspecified atom stereocenters. The van der Waals surface area contributed by atoms with Crippen LogP contribution < -0.4 is 5.32 Å². The van der Waals surface area contributed by atoms with E-state index in [-0.39, 0.29) is 16.3 Å². The third kappa shape index (κ3) is 3.07. The van der Waals surface area contributed by atoms with Crippen LogP contribution in [0.15, 0.2) is 36.5 Å². The second-order valence-electron chi connectivity index (χ2n) is 3.79. The van der Waals surface area contributed by atoms with Crippen molar-refractivity contribution >= 4 is 40.8 Å². The number of nitrogens with zero attached hydrogens (tertiary/aromatic N) is 1. The molecule has 1 aromatic heterocycles. The molecule has 0 saturated carbocycles. The van der Waals surface area contributed by atoms with Gasteiger partial charge < -0.3 is 10.4 Å². The number of amides is 1. The third-order valence-corrected chi connectivity index (χ3v) is 3.26. The Labute approximate surface area is 124 Å². The van der Waals surface area contributed by atoms with Crippen LogP contribution in [0.3, 0.4) is 0 Å². The number of halogens is 2. The molecule has 0 saturated heterocycles. The Bertz CT molecular complexity index is 672. The van der Waals surface area contributed by atoms with Gasteiger partial charge in [0.25, 0.3) is 5.91 Å². The van der Waals surface area contributed by atoms with E-state index in [9.17, 15) is 9.59 Å². The zero-order valence-corrected chi connectivity index (χ0v) is 11.4. The van der Waals surface area contributed by atoms with Gasteiger partial charge in [-0.05, 0) is 24.3 Å². The first-order valence-corrected chi connectivity index (χ1v) is 6.19. The fourth-order valence-electron chi connectivity index (χ4n) is 1.45. The summed E-state index contributed by atoms with van der Waals surface area (Å²) in [7, 11) is 0. The number of carbonyl (C=O) groups is 2. The van der Waals surface area contributed by atoms with E-state index < -0.39 is 11.9 Å². The number of rotatable bonds is 3. The highest BCUT2D eigenvalue weighted by atomic mass is 35.5. The minimum absolute atomic E-state index is 0.137. The van der Waals surface area contributed by atoms with Crippen LogP contribution in [-0.4, -0.2) is 22.0 Å². The van der Waals surface area contributed by atoms with Gasteiger partial charge in [0, 0.05) is 6.20 Å². The minimum atomic E-state index is -1.16. The predicted molar refractivity (Wildman–Crippen MR) is 75.6 cm³/mol. The van der Waals surface area contributed by atoms with Crippen molar-refractivity contribution in [3.05, 3.63) is 57.8 Å². The minimum Gasteiger partial charge on any atom is -0.477 e. The summed E-state index contributed by atoms with van der Waals surface area (Å²) in [5, 5.41) is 11.9. The monoisotopic (exact) mass is 310 g/mol. The Kier molecular flexibility index (Phi) is 4.22. The Balaban J connectivity index is 2.20. The number of carbonyl (C=O) groups excluding carboxylic acids is 1. The molecule has 0 spiro atoms. The largest absolute Gasteiger partial charge is 0.477 e. The van der Waals surface area contributed by atoms with E-state index >= 15 is 0 Å². The van der Waals surface area contributed by atoms with E-state index in [4.69, 9.17) is 28.3 Å². The second kappa shape index (κ2) is 5.90. The molecule has 1 heterocycles. The highest BCUT2D eigenvalue weighted by Gasteiger charge is 2.12. The van der Waals surface area contributed by atoms with E-state index in [0.717, 1.165) is 0 Å². The zero-order valence-electron chi connectivity index (χ0n) is 9.93. The number of benzene rings is 1. The van der Waals surface area contributed by atoms with Gasteiger partial charge in [0.2, 0.25) is 0 Å². The molecular formula is C13H8Cl2N2O3. The molecule has 7 heteroatoms. The lowest BCUT2D eigenvalue weighted by molar-refractivity contribution is 0.0690. The van der Waals surface area contributed by atoms with Crippen LogP contribution in [0.4, 0.5) is 5.69 Å². The molecule has 20 heavy (non-hydrogen) atoms. The molecule has 2 rings (SSSR count). The summed E-state index contributed by atoms with van der Waals surface area (Å²) in [5.41, 5.74) is 0.444. The number of anilines is 1. The molecule has 0 fully saturated rings. The summed E-state index contributed by atoms with van der Waals surface area (Å²) in [6.07, 6.45) is 1.18. The molecule has 1 aromatic carbocycles. The van der Waals surface area contributed by atoms with Gasteiger partial charge >= 0.3 is 5.97 Å². The van der Waals surface area contributed by atoms with Crippen LogP contribution in [0.2, 0.25) is 10.0 Å². The van der Waals surface area contributed by atoms with Crippen molar-refractivity contribution in [2.75, 3.05) is 5.32 Å². The van der Waals surface area contributed by atoms with Gasteiger partial charge in [0.15, 0.2) is 0 Å². The van der Waals surface area contributed by atoms with Crippen molar-refractivity contribution in [1.82, 2.24) is 4.98 Å². The molecule has 5 nitrogen and oxygen atoms in total. The standard InChI is InChI=1S/C13H8Cl2N2O3/c14-8-2-1-3-9(11(8)15)17-12(18)7-4-5-10(13(19)20)16-6-7/h1-6H,(H,17,18)(H,19,20). The molecular weight excluding hydrogens is 303 g/mol. The van der Waals surface area contributed by atoms with Gasteiger partial charge in [0.1, 0.15) is 5.69 Å². The quantitative estimate of drug-likeness (QED) is 0.911. The molecule has 0 atom stereocenters. The average molecular weight is 311 g/mol. The zero-order chi connectivity index (χ0) is 14.7. The molecule has 0 aliphatic heterocycles. The van der Waals surface area contributed by atoms with Crippen LogP contribution in [0.1, 0.15) is 20.8 Å². The van der Waals surface area contributed by atoms with E-state index in [1.165, 1.54) is 18.3 Å². The number of carboxylic acids is 1. The number of carboxylic acid groups (broad SMARTS) is 1. The summed E-state index contributed by atoms with van der Waals surface area (Å²) in [5.74, 6) is -1.62. The topological polar surface area (TPSA) is 79.3 Å². The van der Waals surface area contributed by atoms with Crippen LogP contribution in [-0.2, 0) is 0 Å².